The van der Waals surface area contributed by atoms with Crippen LogP contribution in [0, 0.1) is 0 Å². The van der Waals surface area contributed by atoms with Crippen LogP contribution in [-0.4, -0.2) is 31.1 Å². The molecule has 2 rings (SSSR count). The summed E-state index contributed by atoms with van der Waals surface area (Å²) in [7, 11) is 0. The van der Waals surface area contributed by atoms with Crippen LogP contribution >= 0.6 is 23.2 Å². The smallest absolute Gasteiger partial charge is 0.261 e. The van der Waals surface area contributed by atoms with Gasteiger partial charge >= 0.3 is 0 Å². The molecule has 1 unspecified atom stereocenters. The van der Waals surface area contributed by atoms with Gasteiger partial charge in [-0.05, 0) is 38.4 Å². The van der Waals surface area contributed by atoms with E-state index in [1.165, 1.54) is 0 Å². The monoisotopic (exact) mass is 316 g/mol. The minimum atomic E-state index is -0.575. The van der Waals surface area contributed by atoms with Crippen molar-refractivity contribution in [1.82, 2.24) is 10.6 Å². The Labute approximate surface area is 128 Å². The maximum absolute atomic E-state index is 12.0. The van der Waals surface area contributed by atoms with E-state index in [0.29, 0.717) is 15.8 Å². The Morgan fingerprint density at radius 2 is 2.25 bits per heavy atom. The van der Waals surface area contributed by atoms with Gasteiger partial charge in [0.05, 0.1) is 10.0 Å². The molecule has 1 amide bonds. The Kier molecular flexibility index (Phi) is 5.52. The molecule has 1 heterocycles. The lowest BCUT2D eigenvalue weighted by Crippen LogP contribution is -2.49. The minimum absolute atomic E-state index is 0.121. The molecule has 1 saturated heterocycles. The number of piperidine rings is 1. The lowest BCUT2D eigenvalue weighted by atomic mass is 10.1. The summed E-state index contributed by atoms with van der Waals surface area (Å²) in [5.41, 5.74) is 0. The summed E-state index contributed by atoms with van der Waals surface area (Å²) in [5, 5.41) is 7.11. The first-order valence-corrected chi connectivity index (χ1v) is 7.44. The number of ether oxygens (including phenoxy) is 1. The van der Waals surface area contributed by atoms with Gasteiger partial charge in [-0.3, -0.25) is 4.79 Å². The van der Waals surface area contributed by atoms with E-state index in [1.54, 1.807) is 25.1 Å². The molecule has 0 radical (unpaired) electrons. The van der Waals surface area contributed by atoms with E-state index in [2.05, 4.69) is 10.6 Å². The number of benzene rings is 1. The van der Waals surface area contributed by atoms with Gasteiger partial charge in [0, 0.05) is 18.7 Å². The molecule has 0 aliphatic carbocycles. The standard InChI is InChI=1S/C14H18Cl2N2O2/c1-9(14(19)18-10-3-2-6-17-8-10)20-11-4-5-12(15)13(16)7-11/h4-5,7,9-10,17H,2-3,6,8H2,1H3,(H,18,19)/t9?,10-/m0/s1. The molecular weight excluding hydrogens is 299 g/mol. The predicted molar refractivity (Wildman–Crippen MR) is 80.6 cm³/mol. The normalized spacial score (nSPS) is 20.2. The average Bonchev–Trinajstić information content (AvgIpc) is 2.44. The van der Waals surface area contributed by atoms with Crippen LogP contribution in [0.2, 0.25) is 10.0 Å². The van der Waals surface area contributed by atoms with Gasteiger partial charge in [-0.2, -0.15) is 0 Å². The fraction of sp³-hybridized carbons (Fsp3) is 0.500. The lowest BCUT2D eigenvalue weighted by Gasteiger charge is -2.25. The zero-order chi connectivity index (χ0) is 14.5. The van der Waals surface area contributed by atoms with E-state index in [-0.39, 0.29) is 11.9 Å². The Balaban J connectivity index is 1.88. The third kappa shape index (κ3) is 4.27. The van der Waals surface area contributed by atoms with Gasteiger partial charge < -0.3 is 15.4 Å². The van der Waals surface area contributed by atoms with Crippen molar-refractivity contribution in [2.75, 3.05) is 13.1 Å². The van der Waals surface area contributed by atoms with Crippen molar-refractivity contribution in [3.05, 3.63) is 28.2 Å². The van der Waals surface area contributed by atoms with Gasteiger partial charge in [0.1, 0.15) is 5.75 Å². The highest BCUT2D eigenvalue weighted by Crippen LogP contribution is 2.26. The highest BCUT2D eigenvalue weighted by Gasteiger charge is 2.20. The first-order chi connectivity index (χ1) is 9.56. The van der Waals surface area contributed by atoms with E-state index in [0.717, 1.165) is 25.9 Å². The third-order valence-corrected chi connectivity index (χ3v) is 3.96. The molecule has 0 spiro atoms. The summed E-state index contributed by atoms with van der Waals surface area (Å²) in [5.74, 6) is 0.411. The quantitative estimate of drug-likeness (QED) is 0.897. The Morgan fingerprint density at radius 3 is 2.90 bits per heavy atom. The molecule has 1 aliphatic rings. The van der Waals surface area contributed by atoms with E-state index < -0.39 is 6.10 Å². The molecule has 4 nitrogen and oxygen atoms in total. The van der Waals surface area contributed by atoms with Crippen LogP contribution in [0.15, 0.2) is 18.2 Å². The molecular formula is C14H18Cl2N2O2. The second-order valence-electron chi connectivity index (χ2n) is 4.89. The van der Waals surface area contributed by atoms with Crippen molar-refractivity contribution in [2.24, 2.45) is 0 Å². The Bertz CT molecular complexity index is 476. The summed E-state index contributed by atoms with van der Waals surface area (Å²) in [6, 6.07) is 5.13. The van der Waals surface area contributed by atoms with Gasteiger partial charge in [-0.15, -0.1) is 0 Å². The van der Waals surface area contributed by atoms with Gasteiger partial charge in [0.15, 0.2) is 6.10 Å². The Morgan fingerprint density at radius 1 is 1.45 bits per heavy atom. The van der Waals surface area contributed by atoms with Crippen molar-refractivity contribution < 1.29 is 9.53 Å². The number of hydrogen-bond donors (Lipinski definition) is 2. The summed E-state index contributed by atoms with van der Waals surface area (Å²) in [4.78, 5) is 12.0. The van der Waals surface area contributed by atoms with Crippen LogP contribution in [0.4, 0.5) is 0 Å². The molecule has 0 aromatic heterocycles. The molecule has 110 valence electrons. The van der Waals surface area contributed by atoms with E-state index in [4.69, 9.17) is 27.9 Å². The van der Waals surface area contributed by atoms with Crippen molar-refractivity contribution in [2.45, 2.75) is 31.9 Å². The molecule has 20 heavy (non-hydrogen) atoms. The molecule has 0 saturated carbocycles. The molecule has 1 aliphatic heterocycles. The largest absolute Gasteiger partial charge is 0.481 e. The second kappa shape index (κ2) is 7.16. The summed E-state index contributed by atoms with van der Waals surface area (Å²) in [6.45, 7) is 3.54. The average molecular weight is 317 g/mol. The number of halogens is 2. The number of rotatable bonds is 4. The zero-order valence-electron chi connectivity index (χ0n) is 11.3. The van der Waals surface area contributed by atoms with Crippen molar-refractivity contribution in [3.63, 3.8) is 0 Å². The van der Waals surface area contributed by atoms with Crippen LogP contribution in [-0.2, 0) is 4.79 Å². The number of carbonyl (C=O) groups excluding carboxylic acids is 1. The zero-order valence-corrected chi connectivity index (χ0v) is 12.8. The number of amides is 1. The fourth-order valence-corrected chi connectivity index (χ4v) is 2.39. The number of nitrogens with one attached hydrogen (secondary N) is 2. The van der Waals surface area contributed by atoms with Gasteiger partial charge in [-0.1, -0.05) is 23.2 Å². The first-order valence-electron chi connectivity index (χ1n) is 6.69. The van der Waals surface area contributed by atoms with E-state index in [9.17, 15) is 4.79 Å². The summed E-state index contributed by atoms with van der Waals surface area (Å²) >= 11 is 11.7. The lowest BCUT2D eigenvalue weighted by molar-refractivity contribution is -0.128. The van der Waals surface area contributed by atoms with Crippen LogP contribution in [0.5, 0.6) is 5.75 Å². The highest BCUT2D eigenvalue weighted by molar-refractivity contribution is 6.42. The maximum atomic E-state index is 12.0. The molecule has 2 N–H and O–H groups in total. The number of carbonyl (C=O) groups is 1. The SMILES string of the molecule is CC(Oc1ccc(Cl)c(Cl)c1)C(=O)N[C@H]1CCCNC1. The molecule has 1 fully saturated rings. The van der Waals surface area contributed by atoms with Crippen molar-refractivity contribution >= 4 is 29.1 Å². The molecule has 2 atom stereocenters. The third-order valence-electron chi connectivity index (χ3n) is 3.22. The van der Waals surface area contributed by atoms with Crippen LogP contribution in [0.25, 0.3) is 0 Å². The summed E-state index contributed by atoms with van der Waals surface area (Å²) < 4.78 is 5.58. The molecule has 6 heteroatoms. The van der Waals surface area contributed by atoms with E-state index in [1.807, 2.05) is 0 Å². The van der Waals surface area contributed by atoms with Crippen LogP contribution in [0.3, 0.4) is 0 Å². The number of hydrogen-bond acceptors (Lipinski definition) is 3. The Hall–Kier alpha value is -0.970. The maximum Gasteiger partial charge on any atom is 0.261 e. The molecule has 1 aromatic carbocycles. The first kappa shape index (κ1) is 15.4. The second-order valence-corrected chi connectivity index (χ2v) is 5.70. The van der Waals surface area contributed by atoms with Crippen LogP contribution in [0.1, 0.15) is 19.8 Å². The van der Waals surface area contributed by atoms with Crippen LogP contribution < -0.4 is 15.4 Å². The van der Waals surface area contributed by atoms with Gasteiger partial charge in [0.2, 0.25) is 0 Å². The minimum Gasteiger partial charge on any atom is -0.481 e. The van der Waals surface area contributed by atoms with Crippen molar-refractivity contribution in [3.8, 4) is 5.75 Å². The fourth-order valence-electron chi connectivity index (χ4n) is 2.10. The van der Waals surface area contributed by atoms with Gasteiger partial charge in [0.25, 0.3) is 5.91 Å². The highest BCUT2D eigenvalue weighted by atomic mass is 35.5. The summed E-state index contributed by atoms with van der Waals surface area (Å²) in [6.07, 6.45) is 1.50. The predicted octanol–water partition coefficient (Wildman–Crippen LogP) is 2.63. The van der Waals surface area contributed by atoms with Gasteiger partial charge in [-0.25, -0.2) is 0 Å². The topological polar surface area (TPSA) is 50.4 Å². The molecule has 0 bridgehead atoms. The van der Waals surface area contributed by atoms with Crippen molar-refractivity contribution in [1.29, 1.82) is 0 Å². The van der Waals surface area contributed by atoms with E-state index >= 15 is 0 Å². The molecule has 1 aromatic rings.